The maximum absolute atomic E-state index is 5.56. The lowest BCUT2D eigenvalue weighted by Crippen LogP contribution is -2.44. The van der Waals surface area contributed by atoms with Crippen LogP contribution in [0.15, 0.2) is 18.3 Å². The predicted molar refractivity (Wildman–Crippen MR) is 116 cm³/mol. The minimum Gasteiger partial charge on any atom is -0.380 e. The first-order chi connectivity index (χ1) is 14.6. The number of nitrogens with zero attached hydrogens (tertiary/aromatic N) is 6. The summed E-state index contributed by atoms with van der Waals surface area (Å²) in [5, 5.41) is 11.7. The highest BCUT2D eigenvalue weighted by Gasteiger charge is 2.39. The molecule has 5 heterocycles. The number of aryl methyl sites for hydroxylation is 2. The van der Waals surface area contributed by atoms with Gasteiger partial charge < -0.3 is 20.3 Å². The molecule has 2 bridgehead atoms. The van der Waals surface area contributed by atoms with E-state index in [9.17, 15) is 0 Å². The van der Waals surface area contributed by atoms with Gasteiger partial charge in [0.1, 0.15) is 16.9 Å². The summed E-state index contributed by atoms with van der Waals surface area (Å²) in [6, 6.07) is 4.98. The maximum atomic E-state index is 5.56. The van der Waals surface area contributed by atoms with Crippen LogP contribution in [0.5, 0.6) is 0 Å². The number of fused-ring (bicyclic) bond motifs is 3. The van der Waals surface area contributed by atoms with Crippen molar-refractivity contribution in [3.8, 4) is 0 Å². The molecule has 3 aromatic heterocycles. The van der Waals surface area contributed by atoms with E-state index in [1.807, 2.05) is 30.7 Å². The fraction of sp³-hybridized carbons (Fsp3) is 0.524. The van der Waals surface area contributed by atoms with Crippen LogP contribution in [-0.2, 0) is 11.3 Å². The van der Waals surface area contributed by atoms with Gasteiger partial charge in [-0.15, -0.1) is 0 Å². The number of piperazine rings is 1. The van der Waals surface area contributed by atoms with E-state index in [1.54, 1.807) is 6.20 Å². The number of pyridine rings is 1. The van der Waals surface area contributed by atoms with Gasteiger partial charge >= 0.3 is 0 Å². The van der Waals surface area contributed by atoms with Crippen molar-refractivity contribution in [1.82, 2.24) is 30.0 Å². The molecule has 1 unspecified atom stereocenters. The predicted octanol–water partition coefficient (Wildman–Crippen LogP) is 2.17. The first kappa shape index (κ1) is 19.2. The summed E-state index contributed by atoms with van der Waals surface area (Å²) in [6.45, 7) is 9.91. The lowest BCUT2D eigenvalue weighted by Gasteiger charge is -2.27. The molecule has 3 aromatic rings. The van der Waals surface area contributed by atoms with Gasteiger partial charge in [0.05, 0.1) is 18.8 Å². The highest BCUT2D eigenvalue weighted by atomic mass is 16.5. The molecular formula is C21H28N8O. The number of nitrogens with one attached hydrogen (secondary N) is 2. The summed E-state index contributed by atoms with van der Waals surface area (Å²) in [5.74, 6) is 2.26. The SMILES string of the molecule is CCOCCn1nc(C)c2nc(N3CC4C[C@@H]3CN4)nc(Nc3cc(C)ccn3)c21. The molecule has 2 N–H and O–H groups in total. The molecule has 0 spiro atoms. The topological polar surface area (TPSA) is 93.0 Å². The first-order valence-corrected chi connectivity index (χ1v) is 10.6. The maximum Gasteiger partial charge on any atom is 0.228 e. The summed E-state index contributed by atoms with van der Waals surface area (Å²) in [5.41, 5.74) is 3.80. The fourth-order valence-corrected chi connectivity index (χ4v) is 4.42. The number of anilines is 3. The summed E-state index contributed by atoms with van der Waals surface area (Å²) in [7, 11) is 0. The van der Waals surface area contributed by atoms with Gasteiger partial charge in [0.25, 0.3) is 0 Å². The average Bonchev–Trinajstić information content (AvgIpc) is 3.43. The largest absolute Gasteiger partial charge is 0.380 e. The Morgan fingerprint density at radius 1 is 1.30 bits per heavy atom. The quantitative estimate of drug-likeness (QED) is 0.575. The molecule has 2 saturated heterocycles. The molecule has 2 fully saturated rings. The molecule has 158 valence electrons. The molecule has 0 saturated carbocycles. The molecule has 0 amide bonds. The Morgan fingerprint density at radius 3 is 2.93 bits per heavy atom. The number of hydrogen-bond acceptors (Lipinski definition) is 8. The average molecular weight is 409 g/mol. The van der Waals surface area contributed by atoms with Gasteiger partial charge in [-0.05, 0) is 44.9 Å². The summed E-state index contributed by atoms with van der Waals surface area (Å²) < 4.78 is 7.50. The Balaban J connectivity index is 1.59. The van der Waals surface area contributed by atoms with E-state index in [0.29, 0.717) is 31.8 Å². The van der Waals surface area contributed by atoms with Crippen LogP contribution in [0.2, 0.25) is 0 Å². The monoisotopic (exact) mass is 408 g/mol. The van der Waals surface area contributed by atoms with Crippen molar-refractivity contribution in [2.45, 2.75) is 45.8 Å². The van der Waals surface area contributed by atoms with Gasteiger partial charge in [-0.3, -0.25) is 4.68 Å². The molecule has 9 nitrogen and oxygen atoms in total. The van der Waals surface area contributed by atoms with Crippen LogP contribution in [0.1, 0.15) is 24.6 Å². The minimum atomic E-state index is 0.450. The van der Waals surface area contributed by atoms with Crippen molar-refractivity contribution in [1.29, 1.82) is 0 Å². The lowest BCUT2D eigenvalue weighted by molar-refractivity contribution is 0.137. The van der Waals surface area contributed by atoms with Crippen molar-refractivity contribution >= 4 is 28.6 Å². The van der Waals surface area contributed by atoms with E-state index in [1.165, 1.54) is 0 Å². The van der Waals surface area contributed by atoms with E-state index >= 15 is 0 Å². The van der Waals surface area contributed by atoms with Crippen LogP contribution in [-0.4, -0.2) is 63.1 Å². The molecule has 0 radical (unpaired) electrons. The molecule has 9 heteroatoms. The summed E-state index contributed by atoms with van der Waals surface area (Å²) >= 11 is 0. The highest BCUT2D eigenvalue weighted by Crippen LogP contribution is 2.32. The summed E-state index contributed by atoms with van der Waals surface area (Å²) in [4.78, 5) is 16.7. The van der Waals surface area contributed by atoms with Gasteiger partial charge in [0.15, 0.2) is 5.82 Å². The standard InChI is InChI=1S/C21H28N8O/c1-4-30-8-7-29-19-18(14(3)27-29)25-21(28-12-15-10-16(28)11-23-15)26-20(19)24-17-9-13(2)5-6-22-17/h5-6,9,15-16,23H,4,7-8,10-12H2,1-3H3,(H,22,24,25,26)/t15?,16-/m1/s1. The zero-order valence-corrected chi connectivity index (χ0v) is 17.7. The van der Waals surface area contributed by atoms with Gasteiger partial charge in [-0.25, -0.2) is 9.97 Å². The molecular weight excluding hydrogens is 380 g/mol. The molecule has 2 atom stereocenters. The number of hydrogen-bond donors (Lipinski definition) is 2. The van der Waals surface area contributed by atoms with Crippen LogP contribution < -0.4 is 15.5 Å². The van der Waals surface area contributed by atoms with E-state index in [2.05, 4.69) is 27.4 Å². The van der Waals surface area contributed by atoms with Crippen molar-refractivity contribution in [2.75, 3.05) is 36.5 Å². The second-order valence-electron chi connectivity index (χ2n) is 8.07. The van der Waals surface area contributed by atoms with E-state index in [0.717, 1.165) is 59.4 Å². The van der Waals surface area contributed by atoms with Gasteiger partial charge in [0.2, 0.25) is 5.95 Å². The summed E-state index contributed by atoms with van der Waals surface area (Å²) in [6.07, 6.45) is 2.95. The first-order valence-electron chi connectivity index (χ1n) is 10.6. The smallest absolute Gasteiger partial charge is 0.228 e. The van der Waals surface area contributed by atoms with E-state index in [4.69, 9.17) is 19.8 Å². The Labute approximate surface area is 175 Å². The van der Waals surface area contributed by atoms with E-state index in [-0.39, 0.29) is 0 Å². The minimum absolute atomic E-state index is 0.450. The molecule has 5 rings (SSSR count). The Kier molecular flexibility index (Phi) is 5.00. The Hall–Kier alpha value is -2.78. The Morgan fingerprint density at radius 2 is 2.20 bits per heavy atom. The second kappa shape index (κ2) is 7.81. The normalized spacial score (nSPS) is 20.4. The Bertz CT molecular complexity index is 1060. The zero-order valence-electron chi connectivity index (χ0n) is 17.7. The van der Waals surface area contributed by atoms with Gasteiger partial charge in [-0.2, -0.15) is 10.1 Å². The van der Waals surface area contributed by atoms with Crippen molar-refractivity contribution in [3.63, 3.8) is 0 Å². The fourth-order valence-electron chi connectivity index (χ4n) is 4.42. The van der Waals surface area contributed by atoms with Crippen LogP contribution in [0.3, 0.4) is 0 Å². The molecule has 2 aliphatic heterocycles. The molecule has 0 aromatic carbocycles. The highest BCUT2D eigenvalue weighted by molar-refractivity contribution is 5.90. The molecule has 0 aliphatic carbocycles. The van der Waals surface area contributed by atoms with Crippen LogP contribution >= 0.6 is 0 Å². The van der Waals surface area contributed by atoms with Crippen LogP contribution in [0.25, 0.3) is 11.0 Å². The zero-order chi connectivity index (χ0) is 20.7. The van der Waals surface area contributed by atoms with Crippen LogP contribution in [0.4, 0.5) is 17.6 Å². The molecule has 2 aliphatic rings. The number of ether oxygens (including phenoxy) is 1. The molecule has 30 heavy (non-hydrogen) atoms. The van der Waals surface area contributed by atoms with Crippen molar-refractivity contribution in [2.24, 2.45) is 0 Å². The van der Waals surface area contributed by atoms with Crippen molar-refractivity contribution in [3.05, 3.63) is 29.6 Å². The van der Waals surface area contributed by atoms with Gasteiger partial charge in [-0.1, -0.05) is 0 Å². The number of aromatic nitrogens is 5. The van der Waals surface area contributed by atoms with Crippen LogP contribution in [0, 0.1) is 13.8 Å². The number of rotatable bonds is 7. The second-order valence-corrected chi connectivity index (χ2v) is 8.07. The van der Waals surface area contributed by atoms with Gasteiger partial charge in [0, 0.05) is 38.0 Å². The third-order valence-electron chi connectivity index (χ3n) is 5.87. The third-order valence-corrected chi connectivity index (χ3v) is 5.87. The van der Waals surface area contributed by atoms with E-state index < -0.39 is 0 Å². The van der Waals surface area contributed by atoms with Crippen molar-refractivity contribution < 1.29 is 4.74 Å². The lowest BCUT2D eigenvalue weighted by atomic mass is 10.2. The third kappa shape index (κ3) is 3.48.